The number of aliphatic hydroxyl groups is 1. The number of esters is 1. The third-order valence-electron chi connectivity index (χ3n) is 1.37. The lowest BCUT2D eigenvalue weighted by molar-refractivity contribution is -0.142. The fraction of sp³-hybridized carbons (Fsp3) is 0.571. The number of rotatable bonds is 2. The molecular formula is C7H10O3. The van der Waals surface area contributed by atoms with E-state index in [0.29, 0.717) is 5.76 Å². The van der Waals surface area contributed by atoms with E-state index in [1.807, 2.05) is 6.08 Å². The first-order valence-corrected chi connectivity index (χ1v) is 3.33. The van der Waals surface area contributed by atoms with Gasteiger partial charge in [-0.05, 0) is 18.9 Å². The van der Waals surface area contributed by atoms with Crippen molar-refractivity contribution in [3.05, 3.63) is 11.8 Å². The highest BCUT2D eigenvalue weighted by atomic mass is 16.5. The average molecular weight is 142 g/mol. The second kappa shape index (κ2) is 3.37. The van der Waals surface area contributed by atoms with Gasteiger partial charge >= 0.3 is 5.97 Å². The maximum atomic E-state index is 10.5. The number of carbonyl (C=O) groups excluding carboxylic acids is 1. The molecule has 0 aliphatic heterocycles. The summed E-state index contributed by atoms with van der Waals surface area (Å²) in [5, 5.41) is 8.29. The lowest BCUT2D eigenvalue weighted by atomic mass is 10.4. The highest BCUT2D eigenvalue weighted by molar-refractivity contribution is 5.71. The molecule has 0 radical (unpaired) electrons. The molecule has 0 aromatic carbocycles. The van der Waals surface area contributed by atoms with Crippen LogP contribution in [0, 0.1) is 0 Å². The SMILES string of the molecule is O=C(CO)OC1=CCCC1. The van der Waals surface area contributed by atoms with Crippen molar-refractivity contribution < 1.29 is 14.6 Å². The number of hydrogen-bond acceptors (Lipinski definition) is 3. The topological polar surface area (TPSA) is 46.5 Å². The summed E-state index contributed by atoms with van der Waals surface area (Å²) in [7, 11) is 0. The van der Waals surface area contributed by atoms with E-state index in [4.69, 9.17) is 9.84 Å². The van der Waals surface area contributed by atoms with E-state index in [2.05, 4.69) is 0 Å². The van der Waals surface area contributed by atoms with Gasteiger partial charge in [0.15, 0.2) is 0 Å². The normalized spacial score (nSPS) is 16.7. The molecule has 3 nitrogen and oxygen atoms in total. The summed E-state index contributed by atoms with van der Waals surface area (Å²) in [4.78, 5) is 10.5. The number of aliphatic hydroxyl groups excluding tert-OH is 1. The van der Waals surface area contributed by atoms with Crippen molar-refractivity contribution in [2.45, 2.75) is 19.3 Å². The van der Waals surface area contributed by atoms with Crippen molar-refractivity contribution >= 4 is 5.97 Å². The average Bonchev–Trinajstić information content (AvgIpc) is 2.40. The van der Waals surface area contributed by atoms with Gasteiger partial charge < -0.3 is 9.84 Å². The molecule has 1 rings (SSSR count). The van der Waals surface area contributed by atoms with Crippen molar-refractivity contribution in [3.8, 4) is 0 Å². The predicted molar refractivity (Wildman–Crippen MR) is 35.1 cm³/mol. The van der Waals surface area contributed by atoms with E-state index in [1.165, 1.54) is 0 Å². The van der Waals surface area contributed by atoms with E-state index in [-0.39, 0.29) is 0 Å². The van der Waals surface area contributed by atoms with Gasteiger partial charge in [-0.3, -0.25) is 0 Å². The first-order valence-electron chi connectivity index (χ1n) is 3.33. The second-order valence-electron chi connectivity index (χ2n) is 2.19. The van der Waals surface area contributed by atoms with E-state index in [0.717, 1.165) is 19.3 Å². The quantitative estimate of drug-likeness (QED) is 0.574. The van der Waals surface area contributed by atoms with Gasteiger partial charge in [0, 0.05) is 6.42 Å². The van der Waals surface area contributed by atoms with Crippen LogP contribution in [-0.2, 0) is 9.53 Å². The molecule has 0 unspecified atom stereocenters. The Morgan fingerprint density at radius 2 is 2.60 bits per heavy atom. The molecule has 0 saturated heterocycles. The van der Waals surface area contributed by atoms with Crippen LogP contribution >= 0.6 is 0 Å². The molecule has 1 aliphatic carbocycles. The molecule has 3 heteroatoms. The number of hydrogen-bond donors (Lipinski definition) is 1. The minimum atomic E-state index is -0.562. The van der Waals surface area contributed by atoms with Crippen LogP contribution in [-0.4, -0.2) is 17.7 Å². The highest BCUT2D eigenvalue weighted by Gasteiger charge is 2.08. The summed E-state index contributed by atoms with van der Waals surface area (Å²) in [6.45, 7) is -0.530. The Morgan fingerprint density at radius 1 is 1.80 bits per heavy atom. The Kier molecular flexibility index (Phi) is 2.45. The molecule has 1 N–H and O–H groups in total. The summed E-state index contributed by atoms with van der Waals surface area (Å²) in [6, 6.07) is 0. The van der Waals surface area contributed by atoms with Crippen molar-refractivity contribution in [3.63, 3.8) is 0 Å². The summed E-state index contributed by atoms with van der Waals surface area (Å²) < 4.78 is 4.73. The van der Waals surface area contributed by atoms with Crippen molar-refractivity contribution in [1.29, 1.82) is 0 Å². The third-order valence-corrected chi connectivity index (χ3v) is 1.37. The molecule has 0 aromatic heterocycles. The van der Waals surface area contributed by atoms with Crippen LogP contribution in [0.25, 0.3) is 0 Å². The smallest absolute Gasteiger partial charge is 0.336 e. The second-order valence-corrected chi connectivity index (χ2v) is 2.19. The van der Waals surface area contributed by atoms with E-state index in [1.54, 1.807) is 0 Å². The lowest BCUT2D eigenvalue weighted by Crippen LogP contribution is -2.07. The third kappa shape index (κ3) is 1.84. The summed E-state index contributed by atoms with van der Waals surface area (Å²) in [5.74, 6) is 0.146. The zero-order valence-electron chi connectivity index (χ0n) is 5.67. The molecule has 0 amide bonds. The largest absolute Gasteiger partial charge is 0.430 e. The van der Waals surface area contributed by atoms with Gasteiger partial charge in [0.05, 0.1) is 0 Å². The van der Waals surface area contributed by atoms with Crippen LogP contribution in [0.5, 0.6) is 0 Å². The van der Waals surface area contributed by atoms with Gasteiger partial charge in [0.2, 0.25) is 0 Å². The number of carbonyl (C=O) groups is 1. The van der Waals surface area contributed by atoms with Crippen LogP contribution in [0.3, 0.4) is 0 Å². The van der Waals surface area contributed by atoms with E-state index < -0.39 is 12.6 Å². The Balaban J connectivity index is 2.30. The fourth-order valence-corrected chi connectivity index (χ4v) is 0.913. The Morgan fingerprint density at radius 3 is 3.10 bits per heavy atom. The minimum absolute atomic E-state index is 0.530. The van der Waals surface area contributed by atoms with Crippen LogP contribution in [0.4, 0.5) is 0 Å². The van der Waals surface area contributed by atoms with E-state index >= 15 is 0 Å². The first kappa shape index (κ1) is 7.28. The van der Waals surface area contributed by atoms with Crippen LogP contribution in [0.15, 0.2) is 11.8 Å². The van der Waals surface area contributed by atoms with Crippen molar-refractivity contribution in [2.24, 2.45) is 0 Å². The van der Waals surface area contributed by atoms with Crippen molar-refractivity contribution in [1.82, 2.24) is 0 Å². The van der Waals surface area contributed by atoms with Gasteiger partial charge in [-0.1, -0.05) is 0 Å². The maximum absolute atomic E-state index is 10.5. The Hall–Kier alpha value is -0.830. The predicted octanol–water partition coefficient (Wildman–Crippen LogP) is 0.590. The highest BCUT2D eigenvalue weighted by Crippen LogP contribution is 2.18. The fourth-order valence-electron chi connectivity index (χ4n) is 0.913. The molecule has 0 atom stereocenters. The molecule has 10 heavy (non-hydrogen) atoms. The van der Waals surface area contributed by atoms with Gasteiger partial charge in [0.25, 0.3) is 0 Å². The van der Waals surface area contributed by atoms with Crippen LogP contribution in [0.2, 0.25) is 0 Å². The molecule has 0 bridgehead atoms. The number of ether oxygens (including phenoxy) is 1. The van der Waals surface area contributed by atoms with Gasteiger partial charge in [-0.15, -0.1) is 0 Å². The Bertz CT molecular complexity index is 160. The minimum Gasteiger partial charge on any atom is -0.430 e. The first-order chi connectivity index (χ1) is 4.83. The van der Waals surface area contributed by atoms with Crippen molar-refractivity contribution in [2.75, 3.05) is 6.61 Å². The van der Waals surface area contributed by atoms with E-state index in [9.17, 15) is 4.79 Å². The number of allylic oxidation sites excluding steroid dienone is 2. The van der Waals surface area contributed by atoms with Gasteiger partial charge in [0.1, 0.15) is 12.4 Å². The molecule has 0 saturated carbocycles. The van der Waals surface area contributed by atoms with Crippen LogP contribution in [0.1, 0.15) is 19.3 Å². The standard InChI is InChI=1S/C7H10O3/c8-5-7(9)10-6-3-1-2-4-6/h3,8H,1-2,4-5H2. The molecule has 0 heterocycles. The molecule has 0 fully saturated rings. The zero-order valence-corrected chi connectivity index (χ0v) is 5.67. The molecule has 0 aromatic rings. The summed E-state index contributed by atoms with van der Waals surface area (Å²) in [6.07, 6.45) is 4.74. The van der Waals surface area contributed by atoms with Gasteiger partial charge in [-0.25, -0.2) is 4.79 Å². The molecule has 56 valence electrons. The molecular weight excluding hydrogens is 132 g/mol. The zero-order chi connectivity index (χ0) is 7.40. The molecule has 1 aliphatic rings. The van der Waals surface area contributed by atoms with Gasteiger partial charge in [-0.2, -0.15) is 0 Å². The summed E-state index contributed by atoms with van der Waals surface area (Å²) >= 11 is 0. The summed E-state index contributed by atoms with van der Waals surface area (Å²) in [5.41, 5.74) is 0. The Labute approximate surface area is 59.3 Å². The lowest BCUT2D eigenvalue weighted by Gasteiger charge is -2.00. The van der Waals surface area contributed by atoms with Crippen LogP contribution < -0.4 is 0 Å². The monoisotopic (exact) mass is 142 g/mol. The maximum Gasteiger partial charge on any atom is 0.336 e. The molecule has 0 spiro atoms.